The van der Waals surface area contributed by atoms with Gasteiger partial charge in [0.2, 0.25) is 0 Å². The molecule has 0 aliphatic heterocycles. The number of carboxylic acid groups (broad SMARTS) is 1. The van der Waals surface area contributed by atoms with Crippen LogP contribution < -0.4 is 5.32 Å². The Morgan fingerprint density at radius 1 is 1.50 bits per heavy atom. The Morgan fingerprint density at radius 2 is 2.25 bits per heavy atom. The summed E-state index contributed by atoms with van der Waals surface area (Å²) in [6.45, 7) is 1.99. The van der Waals surface area contributed by atoms with Crippen LogP contribution in [0.25, 0.3) is 0 Å². The van der Waals surface area contributed by atoms with Gasteiger partial charge in [0.25, 0.3) is 0 Å². The summed E-state index contributed by atoms with van der Waals surface area (Å²) in [5.74, 6) is -1.08. The van der Waals surface area contributed by atoms with Crippen LogP contribution in [0.2, 0.25) is 0 Å². The summed E-state index contributed by atoms with van der Waals surface area (Å²) in [6.07, 6.45) is 1.91. The molecule has 2 rings (SSSR count). The number of carbonyl (C=O) groups is 2. The van der Waals surface area contributed by atoms with E-state index in [1.54, 1.807) is 23.3 Å². The van der Waals surface area contributed by atoms with Crippen LogP contribution in [0.3, 0.4) is 0 Å². The maximum Gasteiger partial charge on any atom is 0.317 e. The number of urea groups is 1. The van der Waals surface area contributed by atoms with E-state index < -0.39 is 5.97 Å². The van der Waals surface area contributed by atoms with Crippen molar-refractivity contribution in [2.75, 3.05) is 7.05 Å². The second kappa shape index (κ2) is 6.26. The molecule has 1 aliphatic carbocycles. The van der Waals surface area contributed by atoms with E-state index in [1.807, 2.05) is 24.4 Å². The Kier molecular flexibility index (Phi) is 4.65. The van der Waals surface area contributed by atoms with Gasteiger partial charge in [0.05, 0.1) is 12.0 Å². The molecular weight excluding hydrogens is 276 g/mol. The van der Waals surface area contributed by atoms with E-state index in [9.17, 15) is 9.59 Å². The second-order valence-electron chi connectivity index (χ2n) is 5.30. The molecule has 6 heteroatoms. The molecule has 2 N–H and O–H groups in total. The van der Waals surface area contributed by atoms with Crippen LogP contribution in [0.4, 0.5) is 4.79 Å². The molecule has 2 amide bonds. The minimum absolute atomic E-state index is 0.0201. The highest BCUT2D eigenvalue weighted by Gasteiger charge is 2.31. The normalized spacial score (nSPS) is 23.3. The molecule has 20 heavy (non-hydrogen) atoms. The number of rotatable bonds is 4. The third-order valence-corrected chi connectivity index (χ3v) is 5.01. The van der Waals surface area contributed by atoms with E-state index in [4.69, 9.17) is 5.11 Å². The summed E-state index contributed by atoms with van der Waals surface area (Å²) in [5, 5.41) is 13.9. The van der Waals surface area contributed by atoms with E-state index in [-0.39, 0.29) is 24.0 Å². The average Bonchev–Trinajstić information content (AvgIpc) is 3.07. The van der Waals surface area contributed by atoms with Crippen molar-refractivity contribution in [2.24, 2.45) is 5.92 Å². The van der Waals surface area contributed by atoms with Crippen molar-refractivity contribution in [1.82, 2.24) is 10.2 Å². The fraction of sp³-hybridized carbons (Fsp3) is 0.571. The quantitative estimate of drug-likeness (QED) is 0.897. The molecule has 1 heterocycles. The van der Waals surface area contributed by atoms with Crippen molar-refractivity contribution < 1.29 is 14.7 Å². The van der Waals surface area contributed by atoms with Crippen LogP contribution in [0.5, 0.6) is 0 Å². The molecule has 0 saturated heterocycles. The zero-order valence-corrected chi connectivity index (χ0v) is 12.5. The van der Waals surface area contributed by atoms with Crippen molar-refractivity contribution >= 4 is 23.3 Å². The summed E-state index contributed by atoms with van der Waals surface area (Å²) >= 11 is 1.62. The van der Waals surface area contributed by atoms with Gasteiger partial charge in [-0.15, -0.1) is 11.3 Å². The van der Waals surface area contributed by atoms with Crippen molar-refractivity contribution in [1.29, 1.82) is 0 Å². The largest absolute Gasteiger partial charge is 0.481 e. The highest BCUT2D eigenvalue weighted by Crippen LogP contribution is 2.27. The summed E-state index contributed by atoms with van der Waals surface area (Å²) < 4.78 is 0. The maximum absolute atomic E-state index is 12.2. The van der Waals surface area contributed by atoms with Gasteiger partial charge in [0.1, 0.15) is 0 Å². The third kappa shape index (κ3) is 3.30. The maximum atomic E-state index is 12.2. The van der Waals surface area contributed by atoms with E-state index in [2.05, 4.69) is 5.32 Å². The van der Waals surface area contributed by atoms with Gasteiger partial charge in [-0.25, -0.2) is 4.79 Å². The van der Waals surface area contributed by atoms with Gasteiger partial charge in [0, 0.05) is 18.0 Å². The Bertz CT molecular complexity index is 475. The summed E-state index contributed by atoms with van der Waals surface area (Å²) in [4.78, 5) is 25.9. The van der Waals surface area contributed by atoms with Gasteiger partial charge in [0.15, 0.2) is 0 Å². The molecule has 0 radical (unpaired) electrons. The van der Waals surface area contributed by atoms with E-state index in [1.165, 1.54) is 0 Å². The number of amides is 2. The minimum Gasteiger partial charge on any atom is -0.481 e. The first kappa shape index (κ1) is 14.8. The third-order valence-electron chi connectivity index (χ3n) is 3.97. The van der Waals surface area contributed by atoms with E-state index >= 15 is 0 Å². The topological polar surface area (TPSA) is 69.6 Å². The zero-order chi connectivity index (χ0) is 14.7. The van der Waals surface area contributed by atoms with Crippen LogP contribution in [-0.2, 0) is 4.79 Å². The molecule has 1 aromatic rings. The summed E-state index contributed by atoms with van der Waals surface area (Å²) in [6, 6.07) is 3.83. The highest BCUT2D eigenvalue weighted by atomic mass is 32.1. The smallest absolute Gasteiger partial charge is 0.317 e. The molecular formula is C14H20N2O3S. The number of thiophene rings is 1. The average molecular weight is 296 g/mol. The number of nitrogens with one attached hydrogen (secondary N) is 1. The lowest BCUT2D eigenvalue weighted by molar-refractivity contribution is -0.141. The molecule has 110 valence electrons. The highest BCUT2D eigenvalue weighted by molar-refractivity contribution is 7.10. The number of carboxylic acids is 1. The lowest BCUT2D eigenvalue weighted by Gasteiger charge is -2.26. The molecule has 1 fully saturated rings. The summed E-state index contributed by atoms with van der Waals surface area (Å²) in [7, 11) is 1.77. The Morgan fingerprint density at radius 3 is 2.80 bits per heavy atom. The number of hydrogen-bond donors (Lipinski definition) is 2. The van der Waals surface area contributed by atoms with Gasteiger partial charge >= 0.3 is 12.0 Å². The van der Waals surface area contributed by atoms with Crippen LogP contribution in [0.1, 0.15) is 37.1 Å². The van der Waals surface area contributed by atoms with E-state index in [0.717, 1.165) is 11.3 Å². The predicted octanol–water partition coefficient (Wildman–Crippen LogP) is 2.70. The Labute approximate surface area is 122 Å². The second-order valence-corrected chi connectivity index (χ2v) is 6.28. The van der Waals surface area contributed by atoms with Crippen LogP contribution in [-0.4, -0.2) is 35.1 Å². The van der Waals surface area contributed by atoms with Gasteiger partial charge in [-0.2, -0.15) is 0 Å². The standard InChI is InChI=1S/C14H20N2O3S/c1-9(12-4-3-7-20-12)16(2)14(19)15-11-6-5-10(8-11)13(17)18/h3-4,7,9-11H,5-6,8H2,1-2H3,(H,15,19)(H,17,18)/t9?,10-,11+/m1/s1. The molecule has 1 aromatic heterocycles. The molecule has 1 saturated carbocycles. The lowest BCUT2D eigenvalue weighted by Crippen LogP contribution is -2.43. The SMILES string of the molecule is CC(c1cccs1)N(C)C(=O)N[C@H]1CC[C@@H](C(=O)O)C1. The molecule has 0 spiro atoms. The number of nitrogens with zero attached hydrogens (tertiary/aromatic N) is 1. The van der Waals surface area contributed by atoms with Gasteiger partial charge in [-0.05, 0) is 37.6 Å². The number of hydrogen-bond acceptors (Lipinski definition) is 3. The molecule has 5 nitrogen and oxygen atoms in total. The first-order chi connectivity index (χ1) is 9.49. The predicted molar refractivity (Wildman–Crippen MR) is 77.8 cm³/mol. The van der Waals surface area contributed by atoms with Crippen LogP contribution in [0.15, 0.2) is 17.5 Å². The Balaban J connectivity index is 1.87. The molecule has 3 atom stereocenters. The Hall–Kier alpha value is -1.56. The van der Waals surface area contributed by atoms with Gasteiger partial charge < -0.3 is 15.3 Å². The molecule has 0 bridgehead atoms. The fourth-order valence-electron chi connectivity index (χ4n) is 2.51. The molecule has 1 unspecified atom stereocenters. The van der Waals surface area contributed by atoms with Crippen molar-refractivity contribution in [3.63, 3.8) is 0 Å². The van der Waals surface area contributed by atoms with Gasteiger partial charge in [-0.1, -0.05) is 6.07 Å². The molecule has 1 aliphatic rings. The first-order valence-electron chi connectivity index (χ1n) is 6.78. The van der Waals surface area contributed by atoms with E-state index in [0.29, 0.717) is 12.8 Å². The first-order valence-corrected chi connectivity index (χ1v) is 7.66. The lowest BCUT2D eigenvalue weighted by atomic mass is 10.1. The van der Waals surface area contributed by atoms with Crippen molar-refractivity contribution in [3.8, 4) is 0 Å². The van der Waals surface area contributed by atoms with Gasteiger partial charge in [-0.3, -0.25) is 4.79 Å². The summed E-state index contributed by atoms with van der Waals surface area (Å²) in [5.41, 5.74) is 0. The molecule has 0 aromatic carbocycles. The van der Waals surface area contributed by atoms with Crippen LogP contribution >= 0.6 is 11.3 Å². The van der Waals surface area contributed by atoms with Crippen LogP contribution in [0, 0.1) is 5.92 Å². The number of carbonyl (C=O) groups excluding carboxylic acids is 1. The number of aliphatic carboxylic acids is 1. The zero-order valence-electron chi connectivity index (χ0n) is 11.7. The minimum atomic E-state index is -0.762. The monoisotopic (exact) mass is 296 g/mol. The fourth-order valence-corrected chi connectivity index (χ4v) is 3.34. The van der Waals surface area contributed by atoms with Crippen molar-refractivity contribution in [2.45, 2.75) is 38.3 Å². The van der Waals surface area contributed by atoms with Crippen molar-refractivity contribution in [3.05, 3.63) is 22.4 Å².